The molecule has 0 aliphatic carbocycles. The normalized spacial score (nSPS) is 13.8. The molecule has 154 valence electrons. The van der Waals surface area contributed by atoms with Crippen LogP contribution in [0.4, 0.5) is 22.9 Å². The maximum atomic E-state index is 12.3. The molecule has 0 radical (unpaired) electrons. The third kappa shape index (κ3) is 3.87. The molecule has 3 aromatic rings. The number of nitro benzene ring substituents is 1. The number of aromatic nitrogens is 1. The zero-order chi connectivity index (χ0) is 21.1. The number of para-hydroxylation sites is 1. The molecule has 1 aliphatic rings. The van der Waals surface area contributed by atoms with Crippen molar-refractivity contribution in [3.8, 4) is 0 Å². The maximum absolute atomic E-state index is 12.3. The summed E-state index contributed by atoms with van der Waals surface area (Å²) in [7, 11) is 1.20. The van der Waals surface area contributed by atoms with E-state index in [1.54, 1.807) is 12.1 Å². The van der Waals surface area contributed by atoms with Crippen LogP contribution in [0.2, 0.25) is 0 Å². The Morgan fingerprint density at radius 3 is 2.70 bits per heavy atom. The number of nitro groups is 1. The Bertz CT molecular complexity index is 1110. The number of hydrogen-bond acceptors (Lipinski definition) is 8. The van der Waals surface area contributed by atoms with Crippen LogP contribution in [0.3, 0.4) is 0 Å². The first kappa shape index (κ1) is 19.6. The van der Waals surface area contributed by atoms with Crippen molar-refractivity contribution in [2.45, 2.75) is 0 Å². The largest absolute Gasteiger partial charge is 0.465 e. The summed E-state index contributed by atoms with van der Waals surface area (Å²) in [5.41, 5.74) is 1.13. The Hall–Kier alpha value is -3.72. The van der Waals surface area contributed by atoms with E-state index in [2.05, 4.69) is 10.3 Å². The molecular formula is C21H20N4O5. The zero-order valence-electron chi connectivity index (χ0n) is 16.3. The number of benzene rings is 2. The topological polar surface area (TPSA) is 107 Å². The van der Waals surface area contributed by atoms with E-state index in [0.717, 1.165) is 10.9 Å². The highest BCUT2D eigenvalue weighted by Crippen LogP contribution is 2.36. The van der Waals surface area contributed by atoms with Gasteiger partial charge in [0.2, 0.25) is 0 Å². The fraction of sp³-hybridized carbons (Fsp3) is 0.238. The van der Waals surface area contributed by atoms with Crippen LogP contribution in [0.15, 0.2) is 48.5 Å². The average molecular weight is 408 g/mol. The number of carbonyl (C=O) groups is 1. The number of methoxy groups -OCH3 is 1. The molecule has 2 aromatic carbocycles. The number of rotatable bonds is 5. The number of ether oxygens (including phenoxy) is 2. The molecule has 0 spiro atoms. The number of fused-ring (bicyclic) bond motifs is 1. The maximum Gasteiger partial charge on any atom is 0.345 e. The predicted octanol–water partition coefficient (Wildman–Crippen LogP) is 3.51. The first-order chi connectivity index (χ1) is 14.6. The molecule has 1 saturated heterocycles. The number of esters is 1. The van der Waals surface area contributed by atoms with E-state index in [4.69, 9.17) is 9.47 Å². The van der Waals surface area contributed by atoms with E-state index in [9.17, 15) is 14.9 Å². The van der Waals surface area contributed by atoms with Crippen LogP contribution in [-0.4, -0.2) is 49.3 Å². The second-order valence-corrected chi connectivity index (χ2v) is 6.75. The van der Waals surface area contributed by atoms with Crippen molar-refractivity contribution in [2.24, 2.45) is 0 Å². The van der Waals surface area contributed by atoms with E-state index < -0.39 is 10.9 Å². The number of nitrogens with zero attached hydrogens (tertiary/aromatic N) is 3. The molecule has 4 rings (SSSR count). The zero-order valence-corrected chi connectivity index (χ0v) is 16.3. The summed E-state index contributed by atoms with van der Waals surface area (Å²) in [4.78, 5) is 30.1. The lowest BCUT2D eigenvalue weighted by atomic mass is 10.1. The van der Waals surface area contributed by atoms with Crippen LogP contribution in [0.5, 0.6) is 0 Å². The van der Waals surface area contributed by atoms with Gasteiger partial charge in [0, 0.05) is 24.2 Å². The minimum Gasteiger partial charge on any atom is -0.465 e. The summed E-state index contributed by atoms with van der Waals surface area (Å²) in [5.74, 6) is -0.335. The second-order valence-electron chi connectivity index (χ2n) is 6.75. The van der Waals surface area contributed by atoms with Crippen LogP contribution in [0.25, 0.3) is 10.9 Å². The Morgan fingerprint density at radius 1 is 1.20 bits per heavy atom. The second kappa shape index (κ2) is 8.34. The van der Waals surface area contributed by atoms with Gasteiger partial charge in [0.25, 0.3) is 0 Å². The number of hydrogen-bond donors (Lipinski definition) is 1. The van der Waals surface area contributed by atoms with E-state index in [0.29, 0.717) is 37.8 Å². The van der Waals surface area contributed by atoms with Crippen molar-refractivity contribution in [3.63, 3.8) is 0 Å². The van der Waals surface area contributed by atoms with Crippen molar-refractivity contribution in [1.82, 2.24) is 4.98 Å². The van der Waals surface area contributed by atoms with Crippen molar-refractivity contribution < 1.29 is 19.2 Å². The highest BCUT2D eigenvalue weighted by atomic mass is 16.6. The standard InChI is InChI=1S/C21H20N4O5/c1-29-21(26)16-12-15(24-8-10-30-11-9-24)13-18(20(16)25(27)28)23-19-7-6-14-4-2-3-5-17(14)22-19/h2-7,12-13H,8-11H2,1H3,(H,22,23). The minimum absolute atomic E-state index is 0.116. The van der Waals surface area contributed by atoms with Gasteiger partial charge in [-0.2, -0.15) is 0 Å². The molecule has 2 heterocycles. The first-order valence-electron chi connectivity index (χ1n) is 9.43. The van der Waals surface area contributed by atoms with Gasteiger partial charge in [-0.1, -0.05) is 18.2 Å². The van der Waals surface area contributed by atoms with Crippen molar-refractivity contribution >= 4 is 39.8 Å². The van der Waals surface area contributed by atoms with Gasteiger partial charge in [-0.25, -0.2) is 9.78 Å². The Labute approximate surface area is 172 Å². The lowest BCUT2D eigenvalue weighted by Crippen LogP contribution is -2.36. The highest BCUT2D eigenvalue weighted by Gasteiger charge is 2.28. The monoisotopic (exact) mass is 408 g/mol. The molecule has 9 nitrogen and oxygen atoms in total. The third-order valence-corrected chi connectivity index (χ3v) is 4.92. The van der Waals surface area contributed by atoms with Gasteiger partial charge in [0.1, 0.15) is 17.1 Å². The van der Waals surface area contributed by atoms with Crippen LogP contribution in [0, 0.1) is 10.1 Å². The van der Waals surface area contributed by atoms with Crippen LogP contribution >= 0.6 is 0 Å². The molecule has 0 saturated carbocycles. The summed E-state index contributed by atoms with van der Waals surface area (Å²) in [6.45, 7) is 2.32. The molecule has 30 heavy (non-hydrogen) atoms. The lowest BCUT2D eigenvalue weighted by molar-refractivity contribution is -0.384. The van der Waals surface area contributed by atoms with Crippen molar-refractivity contribution in [1.29, 1.82) is 0 Å². The third-order valence-electron chi connectivity index (χ3n) is 4.92. The molecule has 1 aliphatic heterocycles. The molecule has 1 fully saturated rings. The summed E-state index contributed by atoms with van der Waals surface area (Å²) in [5, 5.41) is 15.8. The van der Waals surface area contributed by atoms with Gasteiger partial charge in [-0.15, -0.1) is 0 Å². The van der Waals surface area contributed by atoms with E-state index in [1.165, 1.54) is 13.2 Å². The van der Waals surface area contributed by atoms with Gasteiger partial charge in [0.05, 0.1) is 30.8 Å². The molecule has 1 N–H and O–H groups in total. The molecule has 0 amide bonds. The van der Waals surface area contributed by atoms with Gasteiger partial charge in [-0.05, 0) is 30.3 Å². The van der Waals surface area contributed by atoms with E-state index in [-0.39, 0.29) is 16.9 Å². The quantitative estimate of drug-likeness (QED) is 0.388. The van der Waals surface area contributed by atoms with E-state index >= 15 is 0 Å². The smallest absolute Gasteiger partial charge is 0.345 e. The van der Waals surface area contributed by atoms with E-state index in [1.807, 2.05) is 35.2 Å². The first-order valence-corrected chi connectivity index (χ1v) is 9.43. The summed E-state index contributed by atoms with van der Waals surface area (Å²) < 4.78 is 10.2. The Kier molecular flexibility index (Phi) is 5.44. The number of anilines is 3. The molecule has 9 heteroatoms. The Morgan fingerprint density at radius 2 is 1.97 bits per heavy atom. The van der Waals surface area contributed by atoms with Gasteiger partial charge >= 0.3 is 11.7 Å². The molecule has 0 unspecified atom stereocenters. The van der Waals surface area contributed by atoms with Crippen LogP contribution in [-0.2, 0) is 9.47 Å². The molecular weight excluding hydrogens is 388 g/mol. The number of morpholine rings is 1. The van der Waals surface area contributed by atoms with Crippen molar-refractivity contribution in [2.75, 3.05) is 43.6 Å². The van der Waals surface area contributed by atoms with Crippen LogP contribution in [0.1, 0.15) is 10.4 Å². The highest BCUT2D eigenvalue weighted by molar-refractivity contribution is 5.99. The Balaban J connectivity index is 1.82. The van der Waals surface area contributed by atoms with Crippen molar-refractivity contribution in [3.05, 3.63) is 64.2 Å². The number of pyridine rings is 1. The SMILES string of the molecule is COC(=O)c1cc(N2CCOCC2)cc(Nc2ccc3ccccc3n2)c1[N+](=O)[O-]. The van der Waals surface area contributed by atoms with Gasteiger partial charge < -0.3 is 19.7 Å². The summed E-state index contributed by atoms with van der Waals surface area (Å²) in [6.07, 6.45) is 0. The predicted molar refractivity (Wildman–Crippen MR) is 112 cm³/mol. The van der Waals surface area contributed by atoms with Gasteiger partial charge in [-0.3, -0.25) is 10.1 Å². The fourth-order valence-electron chi connectivity index (χ4n) is 3.45. The van der Waals surface area contributed by atoms with Crippen LogP contribution < -0.4 is 10.2 Å². The minimum atomic E-state index is -0.772. The average Bonchev–Trinajstić information content (AvgIpc) is 2.78. The molecule has 1 aromatic heterocycles. The molecule has 0 atom stereocenters. The summed E-state index contributed by atoms with van der Waals surface area (Å²) >= 11 is 0. The van der Waals surface area contributed by atoms with Gasteiger partial charge in [0.15, 0.2) is 0 Å². The number of nitrogens with one attached hydrogen (secondary N) is 1. The molecule has 0 bridgehead atoms. The fourth-order valence-corrected chi connectivity index (χ4v) is 3.45. The summed E-state index contributed by atoms with van der Waals surface area (Å²) in [6, 6.07) is 14.4. The lowest BCUT2D eigenvalue weighted by Gasteiger charge is -2.29. The number of carbonyl (C=O) groups excluding carboxylic acids is 1.